The minimum Gasteiger partial charge on any atom is -0.508 e. The predicted octanol–water partition coefficient (Wildman–Crippen LogP) is 1.42. The summed E-state index contributed by atoms with van der Waals surface area (Å²) in [5, 5.41) is 10.9. The summed E-state index contributed by atoms with van der Waals surface area (Å²) in [7, 11) is 0. The number of piperidine rings is 1. The van der Waals surface area contributed by atoms with Gasteiger partial charge in [-0.15, -0.1) is 0 Å². The van der Waals surface area contributed by atoms with E-state index in [9.17, 15) is 14.7 Å². The average molecular weight is 360 g/mol. The van der Waals surface area contributed by atoms with E-state index in [1.807, 2.05) is 19.9 Å². The van der Waals surface area contributed by atoms with Crippen molar-refractivity contribution in [3.8, 4) is 5.75 Å². The number of likely N-dealkylation sites (tertiary alicyclic amines) is 1. The van der Waals surface area contributed by atoms with Gasteiger partial charge in [0.2, 0.25) is 0 Å². The number of carbonyl (C=O) groups is 1. The Morgan fingerprint density at radius 2 is 1.96 bits per heavy atom. The van der Waals surface area contributed by atoms with Crippen LogP contribution in [0.3, 0.4) is 0 Å². The van der Waals surface area contributed by atoms with Gasteiger partial charge in [0, 0.05) is 35.9 Å². The van der Waals surface area contributed by atoms with E-state index in [1.165, 1.54) is 11.0 Å². The summed E-state index contributed by atoms with van der Waals surface area (Å²) in [5.74, 6) is 0.0447. The van der Waals surface area contributed by atoms with Gasteiger partial charge in [-0.25, -0.2) is 4.79 Å². The summed E-state index contributed by atoms with van der Waals surface area (Å²) in [5.41, 5.74) is 1.78. The molecule has 1 aliphatic rings. The second-order valence-corrected chi connectivity index (χ2v) is 6.87. The minimum absolute atomic E-state index is 0.0140. The van der Waals surface area contributed by atoms with Crippen LogP contribution in [-0.2, 0) is 22.5 Å². The van der Waals surface area contributed by atoms with E-state index in [-0.39, 0.29) is 17.6 Å². The number of hydrogen-bond acceptors (Lipinski definition) is 5. The molecule has 0 atom stereocenters. The summed E-state index contributed by atoms with van der Waals surface area (Å²) in [6.07, 6.45) is 2.31. The fourth-order valence-corrected chi connectivity index (χ4v) is 3.70. The van der Waals surface area contributed by atoms with Crippen LogP contribution in [0.25, 0.3) is 11.0 Å². The van der Waals surface area contributed by atoms with Crippen LogP contribution in [-0.4, -0.2) is 30.8 Å². The van der Waals surface area contributed by atoms with Crippen LogP contribution in [0.15, 0.2) is 27.4 Å². The number of phenolic OH excluding ortho intramolecular Hbond substituents is 1. The first-order valence-corrected chi connectivity index (χ1v) is 9.30. The smallest absolute Gasteiger partial charge is 0.336 e. The highest BCUT2D eigenvalue weighted by atomic mass is 16.5. The summed E-state index contributed by atoms with van der Waals surface area (Å²) < 4.78 is 10.4. The molecule has 1 aromatic heterocycles. The van der Waals surface area contributed by atoms with Crippen LogP contribution >= 0.6 is 0 Å². The molecule has 2 heterocycles. The van der Waals surface area contributed by atoms with Crippen LogP contribution < -0.4 is 10.5 Å². The molecule has 2 N–H and O–H groups in total. The highest BCUT2D eigenvalue weighted by Gasteiger charge is 2.28. The zero-order chi connectivity index (χ0) is 18.7. The molecular formula is C20H26NO5+. The number of aryl methyl sites for hydroxylation is 1. The van der Waals surface area contributed by atoms with Crippen molar-refractivity contribution in [2.24, 2.45) is 5.92 Å². The normalized spacial score (nSPS) is 20.2. The Balaban J connectivity index is 1.79. The zero-order valence-corrected chi connectivity index (χ0v) is 15.3. The molecule has 1 saturated heterocycles. The van der Waals surface area contributed by atoms with Gasteiger partial charge in [0.15, 0.2) is 0 Å². The highest BCUT2D eigenvalue weighted by molar-refractivity contribution is 5.82. The molecule has 3 rings (SSSR count). The second-order valence-electron chi connectivity index (χ2n) is 6.87. The number of benzene rings is 1. The third-order valence-electron chi connectivity index (χ3n) is 5.16. The number of ether oxygens (including phenoxy) is 1. The van der Waals surface area contributed by atoms with Crippen LogP contribution in [0.5, 0.6) is 5.75 Å². The molecule has 6 heteroatoms. The van der Waals surface area contributed by atoms with Crippen LogP contribution in [0.2, 0.25) is 0 Å². The average Bonchev–Trinajstić information content (AvgIpc) is 2.62. The van der Waals surface area contributed by atoms with E-state index >= 15 is 0 Å². The molecule has 1 fully saturated rings. The van der Waals surface area contributed by atoms with Gasteiger partial charge < -0.3 is 19.2 Å². The van der Waals surface area contributed by atoms with Crippen molar-refractivity contribution < 1.29 is 24.0 Å². The molecule has 0 bridgehead atoms. The van der Waals surface area contributed by atoms with E-state index in [1.54, 1.807) is 6.07 Å². The first-order valence-electron chi connectivity index (χ1n) is 9.30. The number of phenols is 1. The number of rotatable bonds is 5. The van der Waals surface area contributed by atoms with E-state index in [0.717, 1.165) is 42.4 Å². The number of quaternary nitrogens is 1. The summed E-state index contributed by atoms with van der Waals surface area (Å²) in [6.45, 7) is 6.65. The van der Waals surface area contributed by atoms with Gasteiger partial charge in [-0.05, 0) is 25.0 Å². The molecule has 1 aliphatic heterocycles. The zero-order valence-electron chi connectivity index (χ0n) is 15.3. The van der Waals surface area contributed by atoms with Crippen molar-refractivity contribution in [3.05, 3.63) is 39.7 Å². The fraction of sp³-hybridized carbons (Fsp3) is 0.500. The second kappa shape index (κ2) is 7.91. The molecule has 6 nitrogen and oxygen atoms in total. The SMILES string of the molecule is CCOC(=O)C1CC[NH+](Cc2cc(=O)oc3cc(O)c(CC)cc23)CC1. The Morgan fingerprint density at radius 3 is 2.62 bits per heavy atom. The van der Waals surface area contributed by atoms with Crippen molar-refractivity contribution in [3.63, 3.8) is 0 Å². The number of aromatic hydroxyl groups is 1. The van der Waals surface area contributed by atoms with Gasteiger partial charge in [0.25, 0.3) is 0 Å². The summed E-state index contributed by atoms with van der Waals surface area (Å²) in [6, 6.07) is 4.98. The van der Waals surface area contributed by atoms with Crippen LogP contribution in [0.4, 0.5) is 0 Å². The number of carbonyl (C=O) groups excluding carboxylic acids is 1. The van der Waals surface area contributed by atoms with Crippen molar-refractivity contribution in [2.45, 2.75) is 39.7 Å². The van der Waals surface area contributed by atoms with Gasteiger partial charge in [0.1, 0.15) is 17.9 Å². The number of hydrogen-bond donors (Lipinski definition) is 2. The number of esters is 1. The van der Waals surface area contributed by atoms with Gasteiger partial charge in [-0.1, -0.05) is 6.92 Å². The molecule has 0 radical (unpaired) electrons. The lowest BCUT2D eigenvalue weighted by Gasteiger charge is -2.28. The molecular weight excluding hydrogens is 334 g/mol. The lowest BCUT2D eigenvalue weighted by Crippen LogP contribution is -3.11. The van der Waals surface area contributed by atoms with E-state index in [4.69, 9.17) is 9.15 Å². The van der Waals surface area contributed by atoms with Crippen molar-refractivity contribution in [1.82, 2.24) is 0 Å². The van der Waals surface area contributed by atoms with Crippen LogP contribution in [0.1, 0.15) is 37.8 Å². The van der Waals surface area contributed by atoms with Gasteiger partial charge >= 0.3 is 11.6 Å². The van der Waals surface area contributed by atoms with E-state index < -0.39 is 5.63 Å². The first kappa shape index (κ1) is 18.5. The molecule has 2 aromatic rings. The Labute approximate surface area is 152 Å². The molecule has 0 spiro atoms. The standard InChI is InChI=1S/C20H25NO5/c1-3-13-9-16-15(10-19(23)26-18(16)11-17(13)22)12-21-7-5-14(6-8-21)20(24)25-4-2/h9-11,14,22H,3-8,12H2,1-2H3/p+1. The van der Waals surface area contributed by atoms with Crippen molar-refractivity contribution in [2.75, 3.05) is 19.7 Å². The maximum absolute atomic E-state index is 11.9. The molecule has 1 aromatic carbocycles. The molecule has 0 amide bonds. The third-order valence-corrected chi connectivity index (χ3v) is 5.16. The monoisotopic (exact) mass is 360 g/mol. The number of nitrogens with one attached hydrogen (secondary N) is 1. The Morgan fingerprint density at radius 1 is 1.23 bits per heavy atom. The summed E-state index contributed by atoms with van der Waals surface area (Å²) >= 11 is 0. The maximum Gasteiger partial charge on any atom is 0.336 e. The quantitative estimate of drug-likeness (QED) is 0.623. The Bertz CT molecular complexity index is 849. The highest BCUT2D eigenvalue weighted by Crippen LogP contribution is 2.26. The maximum atomic E-state index is 11.9. The largest absolute Gasteiger partial charge is 0.508 e. The van der Waals surface area contributed by atoms with Gasteiger partial charge in [-0.3, -0.25) is 4.79 Å². The van der Waals surface area contributed by atoms with Crippen LogP contribution in [0, 0.1) is 5.92 Å². The molecule has 0 aliphatic carbocycles. The van der Waals surface area contributed by atoms with E-state index in [2.05, 4.69) is 0 Å². The van der Waals surface area contributed by atoms with E-state index in [0.29, 0.717) is 25.2 Å². The lowest BCUT2D eigenvalue weighted by atomic mass is 9.96. The first-order chi connectivity index (χ1) is 12.5. The minimum atomic E-state index is -0.406. The van der Waals surface area contributed by atoms with Gasteiger partial charge in [-0.2, -0.15) is 0 Å². The fourth-order valence-electron chi connectivity index (χ4n) is 3.70. The molecule has 140 valence electrons. The lowest BCUT2D eigenvalue weighted by molar-refractivity contribution is -0.919. The third kappa shape index (κ3) is 3.90. The van der Waals surface area contributed by atoms with Crippen molar-refractivity contribution in [1.29, 1.82) is 0 Å². The molecule has 26 heavy (non-hydrogen) atoms. The molecule has 0 saturated carbocycles. The number of fused-ring (bicyclic) bond motifs is 1. The topological polar surface area (TPSA) is 81.2 Å². The predicted molar refractivity (Wildman–Crippen MR) is 97.3 cm³/mol. The Kier molecular flexibility index (Phi) is 5.61. The Hall–Kier alpha value is -2.34. The van der Waals surface area contributed by atoms with Gasteiger partial charge in [0.05, 0.1) is 25.6 Å². The molecule has 0 unspecified atom stereocenters. The summed E-state index contributed by atoms with van der Waals surface area (Å²) in [4.78, 5) is 25.1. The van der Waals surface area contributed by atoms with Crippen molar-refractivity contribution >= 4 is 16.9 Å².